The van der Waals surface area contributed by atoms with Crippen molar-refractivity contribution in [3.05, 3.63) is 41.7 Å². The van der Waals surface area contributed by atoms with E-state index in [1.54, 1.807) is 11.6 Å². The lowest BCUT2D eigenvalue weighted by Crippen LogP contribution is -2.27. The number of rotatable bonds is 8. The zero-order chi connectivity index (χ0) is 18.4. The molecule has 1 heterocycles. The van der Waals surface area contributed by atoms with Crippen LogP contribution in [-0.4, -0.2) is 28.9 Å². The van der Waals surface area contributed by atoms with Crippen LogP contribution in [0, 0.1) is 0 Å². The molecule has 6 nitrogen and oxygen atoms in total. The molecule has 0 saturated carbocycles. The van der Waals surface area contributed by atoms with Crippen LogP contribution in [0.4, 0.5) is 8.78 Å². The Kier molecular flexibility index (Phi) is 6.32. The first kappa shape index (κ1) is 18.7. The molecule has 1 unspecified atom stereocenters. The maximum atomic E-state index is 12.4. The topological polar surface area (TPSA) is 65.4 Å². The van der Waals surface area contributed by atoms with Gasteiger partial charge in [0.15, 0.2) is 11.5 Å². The van der Waals surface area contributed by atoms with Crippen LogP contribution in [0.5, 0.6) is 11.5 Å². The number of carbonyl (C=O) groups excluding carboxylic acids is 1. The maximum absolute atomic E-state index is 12.4. The summed E-state index contributed by atoms with van der Waals surface area (Å²) >= 11 is 0. The van der Waals surface area contributed by atoms with E-state index >= 15 is 0 Å². The Balaban J connectivity index is 2.13. The van der Waals surface area contributed by atoms with Crippen molar-refractivity contribution in [2.24, 2.45) is 0 Å². The van der Waals surface area contributed by atoms with Gasteiger partial charge in [-0.05, 0) is 45.0 Å². The van der Waals surface area contributed by atoms with E-state index in [4.69, 9.17) is 4.74 Å². The molecule has 0 radical (unpaired) electrons. The fourth-order valence-electron chi connectivity index (χ4n) is 2.25. The minimum absolute atomic E-state index is 0.0957. The first-order valence-electron chi connectivity index (χ1n) is 8.00. The molecule has 1 aromatic heterocycles. The fraction of sp³-hybridized carbons (Fsp3) is 0.412. The van der Waals surface area contributed by atoms with E-state index in [1.165, 1.54) is 18.2 Å². The number of hydrogen-bond acceptors (Lipinski definition) is 4. The summed E-state index contributed by atoms with van der Waals surface area (Å²) in [5.74, 6) is -0.371. The predicted octanol–water partition coefficient (Wildman–Crippen LogP) is 3.39. The normalized spacial score (nSPS) is 12.1. The Morgan fingerprint density at radius 1 is 1.28 bits per heavy atom. The summed E-state index contributed by atoms with van der Waals surface area (Å²) in [5.41, 5.74) is 1.02. The zero-order valence-electron chi connectivity index (χ0n) is 14.3. The quantitative estimate of drug-likeness (QED) is 0.790. The SMILES string of the molecule is CCOc1cc(C(=O)NC(C)c2ccn(CC)n2)ccc1OC(F)F. The molecule has 1 atom stereocenters. The van der Waals surface area contributed by atoms with Crippen molar-refractivity contribution in [2.45, 2.75) is 40.0 Å². The highest BCUT2D eigenvalue weighted by Crippen LogP contribution is 2.30. The van der Waals surface area contributed by atoms with Crippen LogP contribution >= 0.6 is 0 Å². The third kappa shape index (κ3) is 4.91. The van der Waals surface area contributed by atoms with Crippen molar-refractivity contribution in [3.8, 4) is 11.5 Å². The van der Waals surface area contributed by atoms with Gasteiger partial charge in [0, 0.05) is 18.3 Å². The summed E-state index contributed by atoms with van der Waals surface area (Å²) in [7, 11) is 0. The first-order valence-corrected chi connectivity index (χ1v) is 8.00. The third-order valence-corrected chi connectivity index (χ3v) is 3.50. The molecule has 136 valence electrons. The number of aryl methyl sites for hydroxylation is 1. The average molecular weight is 353 g/mol. The summed E-state index contributed by atoms with van der Waals surface area (Å²) < 4.78 is 36.3. The Bertz CT molecular complexity index is 719. The van der Waals surface area contributed by atoms with Crippen molar-refractivity contribution in [1.82, 2.24) is 15.1 Å². The van der Waals surface area contributed by atoms with Crippen molar-refractivity contribution < 1.29 is 23.0 Å². The predicted molar refractivity (Wildman–Crippen MR) is 88.0 cm³/mol. The van der Waals surface area contributed by atoms with Gasteiger partial charge in [0.2, 0.25) is 0 Å². The number of aromatic nitrogens is 2. The fourth-order valence-corrected chi connectivity index (χ4v) is 2.25. The second-order valence-electron chi connectivity index (χ2n) is 5.26. The highest BCUT2D eigenvalue weighted by atomic mass is 19.3. The van der Waals surface area contributed by atoms with Gasteiger partial charge in [-0.1, -0.05) is 0 Å². The largest absolute Gasteiger partial charge is 0.490 e. The number of nitrogens with one attached hydrogen (secondary N) is 1. The van der Waals surface area contributed by atoms with Crippen LogP contribution in [0.15, 0.2) is 30.5 Å². The average Bonchev–Trinajstić information content (AvgIpc) is 3.05. The molecule has 0 fully saturated rings. The number of alkyl halides is 2. The molecule has 1 N–H and O–H groups in total. The monoisotopic (exact) mass is 353 g/mol. The Labute approximate surface area is 144 Å². The Morgan fingerprint density at radius 3 is 2.64 bits per heavy atom. The molecule has 0 aliphatic carbocycles. The number of benzene rings is 1. The van der Waals surface area contributed by atoms with Gasteiger partial charge in [-0.25, -0.2) is 0 Å². The summed E-state index contributed by atoms with van der Waals surface area (Å²) in [6, 6.07) is 5.62. The van der Waals surface area contributed by atoms with E-state index in [1.807, 2.05) is 26.1 Å². The first-order chi connectivity index (χ1) is 11.9. The Hall–Kier alpha value is -2.64. The second kappa shape index (κ2) is 8.46. The number of ether oxygens (including phenoxy) is 2. The van der Waals surface area contributed by atoms with Gasteiger partial charge in [-0.2, -0.15) is 13.9 Å². The molecule has 0 spiro atoms. The van der Waals surface area contributed by atoms with Crippen molar-refractivity contribution in [3.63, 3.8) is 0 Å². The zero-order valence-corrected chi connectivity index (χ0v) is 14.3. The third-order valence-electron chi connectivity index (χ3n) is 3.50. The van der Waals surface area contributed by atoms with Crippen molar-refractivity contribution in [2.75, 3.05) is 6.61 Å². The smallest absolute Gasteiger partial charge is 0.387 e. The maximum Gasteiger partial charge on any atom is 0.387 e. The van der Waals surface area contributed by atoms with E-state index in [0.717, 1.165) is 12.2 Å². The molecule has 0 aliphatic heterocycles. The van der Waals surface area contributed by atoms with Gasteiger partial charge in [-0.15, -0.1) is 0 Å². The van der Waals surface area contributed by atoms with Crippen LogP contribution in [0.25, 0.3) is 0 Å². The lowest BCUT2D eigenvalue weighted by atomic mass is 10.1. The molecular formula is C17H21F2N3O3. The van der Waals surface area contributed by atoms with Crippen LogP contribution in [0.1, 0.15) is 42.9 Å². The number of carbonyl (C=O) groups is 1. The molecule has 2 rings (SSSR count). The summed E-state index contributed by atoms with van der Waals surface area (Å²) in [6.45, 7) is 3.54. The Morgan fingerprint density at radius 2 is 2.04 bits per heavy atom. The van der Waals surface area contributed by atoms with Crippen molar-refractivity contribution >= 4 is 5.91 Å². The number of nitrogens with zero attached hydrogens (tertiary/aromatic N) is 2. The van der Waals surface area contributed by atoms with Crippen molar-refractivity contribution in [1.29, 1.82) is 0 Å². The number of hydrogen-bond donors (Lipinski definition) is 1. The molecule has 0 bridgehead atoms. The van der Waals surface area contributed by atoms with Gasteiger partial charge in [0.1, 0.15) is 0 Å². The molecule has 1 aromatic carbocycles. The van der Waals surface area contributed by atoms with Crippen LogP contribution < -0.4 is 14.8 Å². The summed E-state index contributed by atoms with van der Waals surface area (Å²) in [6.07, 6.45) is 1.83. The van der Waals surface area contributed by atoms with Crippen LogP contribution in [0.2, 0.25) is 0 Å². The summed E-state index contributed by atoms with van der Waals surface area (Å²) in [5, 5.41) is 7.16. The number of amides is 1. The molecule has 1 amide bonds. The van der Waals surface area contributed by atoms with E-state index < -0.39 is 6.61 Å². The van der Waals surface area contributed by atoms with Crippen LogP contribution in [0.3, 0.4) is 0 Å². The van der Waals surface area contributed by atoms with E-state index in [2.05, 4.69) is 15.2 Å². The van der Waals surface area contributed by atoms with E-state index in [9.17, 15) is 13.6 Å². The molecular weight excluding hydrogens is 332 g/mol. The van der Waals surface area contributed by atoms with Crippen LogP contribution in [-0.2, 0) is 6.54 Å². The minimum Gasteiger partial charge on any atom is -0.490 e. The standard InChI is InChI=1S/C17H21F2N3O3/c1-4-22-9-8-13(21-22)11(3)20-16(23)12-6-7-14(25-17(18)19)15(10-12)24-5-2/h6-11,17H,4-5H2,1-3H3,(H,20,23). The van der Waals surface area contributed by atoms with Gasteiger partial charge in [-0.3, -0.25) is 9.48 Å². The lowest BCUT2D eigenvalue weighted by molar-refractivity contribution is -0.0514. The molecule has 2 aromatic rings. The minimum atomic E-state index is -2.97. The molecule has 8 heteroatoms. The van der Waals surface area contributed by atoms with Gasteiger partial charge < -0.3 is 14.8 Å². The lowest BCUT2D eigenvalue weighted by Gasteiger charge is -2.14. The van der Waals surface area contributed by atoms with Gasteiger partial charge in [0.05, 0.1) is 18.3 Å². The second-order valence-corrected chi connectivity index (χ2v) is 5.26. The highest BCUT2D eigenvalue weighted by molar-refractivity contribution is 5.95. The van der Waals surface area contributed by atoms with E-state index in [-0.39, 0.29) is 35.6 Å². The molecule has 0 aliphatic rings. The molecule has 25 heavy (non-hydrogen) atoms. The summed E-state index contributed by atoms with van der Waals surface area (Å²) in [4.78, 5) is 12.4. The van der Waals surface area contributed by atoms with Gasteiger partial charge >= 0.3 is 6.61 Å². The highest BCUT2D eigenvalue weighted by Gasteiger charge is 2.17. The van der Waals surface area contributed by atoms with Gasteiger partial charge in [0.25, 0.3) is 5.91 Å². The van der Waals surface area contributed by atoms with E-state index in [0.29, 0.717) is 0 Å². The molecule has 0 saturated heterocycles. The number of halogens is 2.